The highest BCUT2D eigenvalue weighted by Crippen LogP contribution is 2.29. The van der Waals surface area contributed by atoms with Gasteiger partial charge in [0.1, 0.15) is 5.75 Å². The van der Waals surface area contributed by atoms with E-state index in [1.54, 1.807) is 60.4 Å². The number of aliphatic hydroxyl groups is 1. The molecule has 44 heavy (non-hydrogen) atoms. The molecule has 1 aliphatic rings. The number of amides is 3. The predicted molar refractivity (Wildman–Crippen MR) is 170 cm³/mol. The van der Waals surface area contributed by atoms with E-state index in [4.69, 9.17) is 9.47 Å². The van der Waals surface area contributed by atoms with Crippen molar-refractivity contribution in [3.8, 4) is 5.75 Å². The molecule has 0 aromatic heterocycles. The van der Waals surface area contributed by atoms with Crippen molar-refractivity contribution in [3.05, 3.63) is 54.1 Å². The summed E-state index contributed by atoms with van der Waals surface area (Å²) in [5.41, 5.74) is 0.677. The molecular formula is C32H48N4O7S. The van der Waals surface area contributed by atoms with Gasteiger partial charge < -0.3 is 30.1 Å². The van der Waals surface area contributed by atoms with Crippen molar-refractivity contribution in [2.24, 2.45) is 5.92 Å². The summed E-state index contributed by atoms with van der Waals surface area (Å²) >= 11 is 0. The molecule has 2 aromatic carbocycles. The van der Waals surface area contributed by atoms with Gasteiger partial charge in [0.15, 0.2) is 0 Å². The number of nitrogens with one attached hydrogen (secondary N) is 2. The number of anilines is 1. The first-order valence-electron chi connectivity index (χ1n) is 15.3. The van der Waals surface area contributed by atoms with Gasteiger partial charge in [0.2, 0.25) is 10.0 Å². The molecule has 3 amide bonds. The van der Waals surface area contributed by atoms with Crippen molar-refractivity contribution >= 4 is 27.6 Å². The Kier molecular flexibility index (Phi) is 13.0. The van der Waals surface area contributed by atoms with E-state index in [0.717, 1.165) is 12.8 Å². The molecule has 0 saturated carbocycles. The van der Waals surface area contributed by atoms with Gasteiger partial charge in [-0.2, -0.15) is 4.31 Å². The largest absolute Gasteiger partial charge is 0.490 e. The van der Waals surface area contributed by atoms with E-state index in [0.29, 0.717) is 24.5 Å². The van der Waals surface area contributed by atoms with Crippen LogP contribution in [0.5, 0.6) is 5.75 Å². The van der Waals surface area contributed by atoms with Gasteiger partial charge in [0.25, 0.3) is 5.91 Å². The van der Waals surface area contributed by atoms with Crippen LogP contribution in [0.15, 0.2) is 53.4 Å². The lowest BCUT2D eigenvalue weighted by molar-refractivity contribution is -0.00833. The Morgan fingerprint density at radius 1 is 1.11 bits per heavy atom. The summed E-state index contributed by atoms with van der Waals surface area (Å²) < 4.78 is 40.4. The third kappa shape index (κ3) is 9.65. The van der Waals surface area contributed by atoms with Crippen molar-refractivity contribution < 1.29 is 32.6 Å². The SMILES string of the molecule is CC(C)NC(=O)Nc1ccc2c(c1)C(=O)N([C@H](C)CO)C[C@@H](C)[C@H](CN(C)S(=O)(=O)c1ccccc1)OCCCC[C@@H](C)O2. The molecule has 0 unspecified atom stereocenters. The zero-order valence-electron chi connectivity index (χ0n) is 26.7. The number of carbonyl (C=O) groups is 2. The molecule has 1 aliphatic heterocycles. The zero-order chi connectivity index (χ0) is 32.4. The maximum atomic E-state index is 14.2. The molecule has 2 aromatic rings. The normalized spacial score (nSPS) is 21.2. The van der Waals surface area contributed by atoms with Gasteiger partial charge in [-0.1, -0.05) is 25.1 Å². The highest BCUT2D eigenvalue weighted by Gasteiger charge is 2.32. The molecule has 3 N–H and O–H groups in total. The number of fused-ring (bicyclic) bond motifs is 1. The minimum Gasteiger partial charge on any atom is -0.490 e. The highest BCUT2D eigenvalue weighted by atomic mass is 32.2. The number of hydrogen-bond acceptors (Lipinski definition) is 7. The molecule has 12 heteroatoms. The molecular weight excluding hydrogens is 584 g/mol. The molecule has 1 heterocycles. The van der Waals surface area contributed by atoms with Crippen LogP contribution in [-0.4, -0.2) is 92.3 Å². The number of rotatable bonds is 8. The Labute approximate surface area is 262 Å². The lowest BCUT2D eigenvalue weighted by Crippen LogP contribution is -2.48. The quantitative estimate of drug-likeness (QED) is 0.394. The Balaban J connectivity index is 1.96. The summed E-state index contributed by atoms with van der Waals surface area (Å²) in [6, 6.07) is 12.2. The molecule has 3 rings (SSSR count). The van der Waals surface area contributed by atoms with Crippen LogP contribution < -0.4 is 15.4 Å². The zero-order valence-corrected chi connectivity index (χ0v) is 27.5. The molecule has 11 nitrogen and oxygen atoms in total. The Morgan fingerprint density at radius 2 is 1.82 bits per heavy atom. The fourth-order valence-electron chi connectivity index (χ4n) is 5.02. The van der Waals surface area contributed by atoms with Crippen molar-refractivity contribution in [1.29, 1.82) is 0 Å². The van der Waals surface area contributed by atoms with Crippen molar-refractivity contribution in [2.75, 3.05) is 38.7 Å². The average Bonchev–Trinajstić information content (AvgIpc) is 2.98. The van der Waals surface area contributed by atoms with Gasteiger partial charge in [-0.25, -0.2) is 13.2 Å². The van der Waals surface area contributed by atoms with E-state index in [1.807, 2.05) is 27.7 Å². The minimum atomic E-state index is -3.76. The van der Waals surface area contributed by atoms with Crippen LogP contribution in [0, 0.1) is 5.92 Å². The second kappa shape index (κ2) is 16.2. The summed E-state index contributed by atoms with van der Waals surface area (Å²) in [4.78, 5) is 28.4. The lowest BCUT2D eigenvalue weighted by atomic mass is 10.0. The summed E-state index contributed by atoms with van der Waals surface area (Å²) in [6.07, 6.45) is 1.55. The summed E-state index contributed by atoms with van der Waals surface area (Å²) in [6.45, 7) is 9.71. The van der Waals surface area contributed by atoms with E-state index in [2.05, 4.69) is 10.6 Å². The topological polar surface area (TPSA) is 138 Å². The van der Waals surface area contributed by atoms with E-state index >= 15 is 0 Å². The minimum absolute atomic E-state index is 0.0719. The first-order chi connectivity index (χ1) is 20.8. The van der Waals surface area contributed by atoms with Gasteiger partial charge in [-0.15, -0.1) is 0 Å². The van der Waals surface area contributed by atoms with E-state index in [1.165, 1.54) is 11.4 Å². The number of likely N-dealkylation sites (N-methyl/N-ethyl adjacent to an activating group) is 1. The summed E-state index contributed by atoms with van der Waals surface area (Å²) in [5.74, 6) is -0.293. The number of hydrogen-bond donors (Lipinski definition) is 3. The second-order valence-corrected chi connectivity index (χ2v) is 13.9. The van der Waals surface area contributed by atoms with Crippen LogP contribution in [0.4, 0.5) is 10.5 Å². The van der Waals surface area contributed by atoms with E-state index in [9.17, 15) is 23.1 Å². The fourth-order valence-corrected chi connectivity index (χ4v) is 6.22. The standard InChI is InChI=1S/C32H48N4O7S/c1-22(2)33-32(39)34-26-15-16-29-28(18-26)31(38)36(24(4)21-37)19-23(3)30(42-17-11-10-12-25(5)43-29)20-35(6)44(40,41)27-13-8-7-9-14-27/h7-9,13-16,18,22-25,30,37H,10-12,17,19-21H2,1-6H3,(H2,33,34,39)/t23-,24-,25-,30+/m1/s1. The Bertz CT molecular complexity index is 1340. The highest BCUT2D eigenvalue weighted by molar-refractivity contribution is 7.89. The molecule has 0 saturated heterocycles. The maximum Gasteiger partial charge on any atom is 0.319 e. The van der Waals surface area contributed by atoms with Gasteiger partial charge >= 0.3 is 6.03 Å². The van der Waals surface area contributed by atoms with E-state index in [-0.39, 0.29) is 54.1 Å². The number of aliphatic hydroxyl groups excluding tert-OH is 1. The molecule has 244 valence electrons. The van der Waals surface area contributed by atoms with Crippen LogP contribution in [0.3, 0.4) is 0 Å². The number of urea groups is 1. The van der Waals surface area contributed by atoms with E-state index < -0.39 is 28.2 Å². The van der Waals surface area contributed by atoms with Gasteiger partial charge in [0, 0.05) is 44.4 Å². The number of carbonyl (C=O) groups excluding carboxylic acids is 2. The molecule has 0 bridgehead atoms. The van der Waals surface area contributed by atoms with Crippen LogP contribution >= 0.6 is 0 Å². The van der Waals surface area contributed by atoms with Gasteiger partial charge in [-0.3, -0.25) is 4.79 Å². The fraction of sp³-hybridized carbons (Fsp3) is 0.562. The molecule has 4 atom stereocenters. The Hall–Kier alpha value is -3.19. The van der Waals surface area contributed by atoms with Crippen LogP contribution in [0.2, 0.25) is 0 Å². The number of nitrogens with zero attached hydrogens (tertiary/aromatic N) is 2. The third-order valence-corrected chi connectivity index (χ3v) is 9.46. The number of sulfonamides is 1. The molecule has 0 spiro atoms. The smallest absolute Gasteiger partial charge is 0.319 e. The maximum absolute atomic E-state index is 14.2. The van der Waals surface area contributed by atoms with Crippen molar-refractivity contribution in [3.63, 3.8) is 0 Å². The lowest BCUT2D eigenvalue weighted by Gasteiger charge is -2.35. The Morgan fingerprint density at radius 3 is 2.48 bits per heavy atom. The third-order valence-electron chi connectivity index (χ3n) is 7.62. The number of ether oxygens (including phenoxy) is 2. The number of benzene rings is 2. The molecule has 0 fully saturated rings. The van der Waals surface area contributed by atoms with Gasteiger partial charge in [-0.05, 0) is 77.3 Å². The van der Waals surface area contributed by atoms with Gasteiger partial charge in [0.05, 0.1) is 35.3 Å². The molecule has 0 aliphatic carbocycles. The van der Waals surface area contributed by atoms with Crippen LogP contribution in [-0.2, 0) is 14.8 Å². The van der Waals surface area contributed by atoms with Crippen molar-refractivity contribution in [2.45, 2.75) is 83.1 Å². The average molecular weight is 633 g/mol. The van der Waals surface area contributed by atoms with Crippen LogP contribution in [0.1, 0.15) is 64.2 Å². The first kappa shape index (κ1) is 35.3. The van der Waals surface area contributed by atoms with Crippen molar-refractivity contribution in [1.82, 2.24) is 14.5 Å². The second-order valence-electron chi connectivity index (χ2n) is 11.9. The summed E-state index contributed by atoms with van der Waals surface area (Å²) in [7, 11) is -2.23. The monoisotopic (exact) mass is 632 g/mol. The summed E-state index contributed by atoms with van der Waals surface area (Å²) in [5, 5.41) is 15.7. The first-order valence-corrected chi connectivity index (χ1v) is 16.7. The molecule has 0 radical (unpaired) electrons. The predicted octanol–water partition coefficient (Wildman–Crippen LogP) is 4.33. The van der Waals surface area contributed by atoms with Crippen LogP contribution in [0.25, 0.3) is 0 Å².